The van der Waals surface area contributed by atoms with Crippen molar-refractivity contribution in [2.45, 2.75) is 70.8 Å². The zero-order valence-corrected chi connectivity index (χ0v) is 26.5. The van der Waals surface area contributed by atoms with Crippen LogP contribution in [0.5, 0.6) is 0 Å². The van der Waals surface area contributed by atoms with E-state index < -0.39 is 0 Å². The van der Waals surface area contributed by atoms with E-state index in [0.29, 0.717) is 13.1 Å². The van der Waals surface area contributed by atoms with Crippen LogP contribution in [-0.4, -0.2) is 50.7 Å². The largest absolute Gasteiger partial charge is 0.446 e. The Morgan fingerprint density at radius 2 is 1.38 bits per heavy atom. The predicted octanol–water partition coefficient (Wildman–Crippen LogP) is 8.74. The maximum atomic E-state index is 13.5. The first-order valence-corrected chi connectivity index (χ1v) is 16.4. The van der Waals surface area contributed by atoms with Gasteiger partial charge in [-0.3, -0.25) is 4.90 Å². The van der Waals surface area contributed by atoms with Crippen molar-refractivity contribution in [1.29, 1.82) is 0 Å². The molecule has 1 saturated heterocycles. The molecule has 0 N–H and O–H groups in total. The zero-order valence-electron chi connectivity index (χ0n) is 26.5. The molecule has 1 amide bonds. The number of aromatic nitrogens is 2. The first-order valence-electron chi connectivity index (χ1n) is 16.4. The Kier molecular flexibility index (Phi) is 9.91. The molecule has 0 aliphatic carbocycles. The van der Waals surface area contributed by atoms with Crippen LogP contribution in [0.15, 0.2) is 115 Å². The Labute approximate surface area is 267 Å². The van der Waals surface area contributed by atoms with Crippen molar-refractivity contribution in [3.63, 3.8) is 0 Å². The Hall–Kier alpha value is -4.42. The topological polar surface area (TPSA) is 50.6 Å². The first kappa shape index (κ1) is 30.6. The summed E-state index contributed by atoms with van der Waals surface area (Å²) in [5, 5.41) is 0. The van der Waals surface area contributed by atoms with Crippen molar-refractivity contribution in [2.75, 3.05) is 13.1 Å². The van der Waals surface area contributed by atoms with Gasteiger partial charge in [0.25, 0.3) is 0 Å². The molecule has 6 heteroatoms. The van der Waals surface area contributed by atoms with Gasteiger partial charge >= 0.3 is 6.09 Å². The summed E-state index contributed by atoms with van der Waals surface area (Å²) in [6.07, 6.45) is 2.98. The monoisotopic (exact) mass is 600 g/mol. The molecule has 0 spiro atoms. The van der Waals surface area contributed by atoms with Crippen molar-refractivity contribution in [1.82, 2.24) is 19.4 Å². The summed E-state index contributed by atoms with van der Waals surface area (Å²) in [5.74, 6) is 0.994. The SMILES string of the molecule is CC[C@@H](CC(C)N(Cc1ccccc1)Cc1ccccc1)OC(=O)N1CCC(n2c(-c3ccccc3)nc3ccccc32)CC1. The van der Waals surface area contributed by atoms with Crippen molar-refractivity contribution in [3.05, 3.63) is 126 Å². The molecule has 1 aliphatic heterocycles. The molecule has 6 nitrogen and oxygen atoms in total. The van der Waals surface area contributed by atoms with Crippen molar-refractivity contribution in [3.8, 4) is 11.4 Å². The third-order valence-electron chi connectivity index (χ3n) is 9.12. The molecule has 1 aliphatic rings. The molecular weight excluding hydrogens is 556 g/mol. The van der Waals surface area contributed by atoms with E-state index in [1.807, 2.05) is 17.0 Å². The van der Waals surface area contributed by atoms with E-state index in [0.717, 1.165) is 61.2 Å². The van der Waals surface area contributed by atoms with E-state index in [2.05, 4.69) is 126 Å². The molecule has 1 unspecified atom stereocenters. The van der Waals surface area contributed by atoms with Gasteiger partial charge in [-0.1, -0.05) is 110 Å². The number of para-hydroxylation sites is 2. The maximum Gasteiger partial charge on any atom is 0.410 e. The third kappa shape index (κ3) is 7.46. The predicted molar refractivity (Wildman–Crippen MR) is 182 cm³/mol. The smallest absolute Gasteiger partial charge is 0.410 e. The Balaban J connectivity index is 1.09. The summed E-state index contributed by atoms with van der Waals surface area (Å²) in [5.41, 5.74) is 5.84. The lowest BCUT2D eigenvalue weighted by molar-refractivity contribution is 0.0335. The lowest BCUT2D eigenvalue weighted by Gasteiger charge is -2.35. The quantitative estimate of drug-likeness (QED) is 0.152. The second kappa shape index (κ2) is 14.6. The molecule has 232 valence electrons. The Morgan fingerprint density at radius 3 is 1.98 bits per heavy atom. The molecule has 4 aromatic carbocycles. The van der Waals surface area contributed by atoms with Crippen molar-refractivity contribution >= 4 is 17.1 Å². The van der Waals surface area contributed by atoms with E-state index in [4.69, 9.17) is 9.72 Å². The van der Waals surface area contributed by atoms with E-state index in [1.54, 1.807) is 0 Å². The number of piperidine rings is 1. The highest BCUT2D eigenvalue weighted by Gasteiger charge is 2.30. The van der Waals surface area contributed by atoms with Crippen LogP contribution in [0.25, 0.3) is 22.4 Å². The van der Waals surface area contributed by atoms with Crippen LogP contribution in [0.1, 0.15) is 56.7 Å². The Bertz CT molecular complexity index is 1600. The maximum absolute atomic E-state index is 13.5. The number of ether oxygens (including phenoxy) is 1. The van der Waals surface area contributed by atoms with Gasteiger partial charge in [-0.05, 0) is 55.9 Å². The Morgan fingerprint density at radius 1 is 0.822 bits per heavy atom. The number of carbonyl (C=O) groups excluding carboxylic acids is 1. The summed E-state index contributed by atoms with van der Waals surface area (Å²) < 4.78 is 8.58. The van der Waals surface area contributed by atoms with E-state index in [9.17, 15) is 4.79 Å². The van der Waals surface area contributed by atoms with Gasteiger partial charge in [-0.15, -0.1) is 0 Å². The number of hydrogen-bond acceptors (Lipinski definition) is 4. The number of imidazole rings is 1. The van der Waals surface area contributed by atoms with Gasteiger partial charge in [0.15, 0.2) is 0 Å². The van der Waals surface area contributed by atoms with Crippen LogP contribution < -0.4 is 0 Å². The van der Waals surface area contributed by atoms with Gasteiger partial charge in [0, 0.05) is 43.8 Å². The van der Waals surface area contributed by atoms with Crippen molar-refractivity contribution in [2.24, 2.45) is 0 Å². The summed E-state index contributed by atoms with van der Waals surface area (Å²) in [6.45, 7) is 7.42. The zero-order chi connectivity index (χ0) is 31.0. The highest BCUT2D eigenvalue weighted by molar-refractivity contribution is 5.81. The average molecular weight is 601 g/mol. The molecule has 0 saturated carbocycles. The van der Waals surface area contributed by atoms with Gasteiger partial charge in [0.2, 0.25) is 0 Å². The van der Waals surface area contributed by atoms with Gasteiger partial charge in [-0.2, -0.15) is 0 Å². The fourth-order valence-electron chi connectivity index (χ4n) is 6.56. The van der Waals surface area contributed by atoms with Crippen LogP contribution >= 0.6 is 0 Å². The molecule has 5 aromatic rings. The van der Waals surface area contributed by atoms with Gasteiger partial charge in [0.05, 0.1) is 11.0 Å². The molecule has 1 aromatic heterocycles. The molecule has 1 fully saturated rings. The van der Waals surface area contributed by atoms with Crippen LogP contribution in [0, 0.1) is 0 Å². The van der Waals surface area contributed by atoms with Crippen LogP contribution in [-0.2, 0) is 17.8 Å². The highest BCUT2D eigenvalue weighted by Crippen LogP contribution is 2.33. The normalized spacial score (nSPS) is 15.3. The highest BCUT2D eigenvalue weighted by atomic mass is 16.6. The number of benzene rings is 4. The summed E-state index contributed by atoms with van der Waals surface area (Å²) in [4.78, 5) is 22.9. The second-order valence-electron chi connectivity index (χ2n) is 12.3. The number of likely N-dealkylation sites (tertiary alicyclic amines) is 1. The van der Waals surface area contributed by atoms with E-state index >= 15 is 0 Å². The number of hydrogen-bond donors (Lipinski definition) is 0. The van der Waals surface area contributed by atoms with Gasteiger partial charge in [-0.25, -0.2) is 9.78 Å². The standard InChI is InChI=1S/C39H44N4O2/c1-3-35(27-30(2)42(28-31-15-7-4-8-16-31)29-32-17-9-5-10-18-32)45-39(44)41-25-23-34(24-26-41)43-37-22-14-13-21-36(37)40-38(43)33-19-11-6-12-20-33/h4-22,30,34-35H,3,23-29H2,1-2H3/t30?,35-/m0/s1. The minimum Gasteiger partial charge on any atom is -0.446 e. The second-order valence-corrected chi connectivity index (χ2v) is 12.3. The fourth-order valence-corrected chi connectivity index (χ4v) is 6.56. The van der Waals surface area contributed by atoms with Crippen molar-refractivity contribution < 1.29 is 9.53 Å². The van der Waals surface area contributed by atoms with E-state index in [1.165, 1.54) is 11.1 Å². The summed E-state index contributed by atoms with van der Waals surface area (Å²) >= 11 is 0. The van der Waals surface area contributed by atoms with Crippen LogP contribution in [0.3, 0.4) is 0 Å². The molecule has 6 rings (SSSR count). The molecule has 0 bridgehead atoms. The number of rotatable bonds is 11. The summed E-state index contributed by atoms with van der Waals surface area (Å²) in [6, 6.07) is 40.5. The number of carbonyl (C=O) groups is 1. The van der Waals surface area contributed by atoms with Gasteiger partial charge in [0.1, 0.15) is 11.9 Å². The minimum atomic E-state index is -0.191. The molecule has 2 heterocycles. The lowest BCUT2D eigenvalue weighted by Crippen LogP contribution is -2.42. The lowest BCUT2D eigenvalue weighted by atomic mass is 10.0. The summed E-state index contributed by atoms with van der Waals surface area (Å²) in [7, 11) is 0. The average Bonchev–Trinajstić information content (AvgIpc) is 3.49. The third-order valence-corrected chi connectivity index (χ3v) is 9.12. The first-order chi connectivity index (χ1) is 22.1. The molecule has 0 radical (unpaired) electrons. The van der Waals surface area contributed by atoms with Crippen LogP contribution in [0.4, 0.5) is 4.79 Å². The van der Waals surface area contributed by atoms with Crippen LogP contribution in [0.2, 0.25) is 0 Å². The van der Waals surface area contributed by atoms with Gasteiger partial charge < -0.3 is 14.2 Å². The molecule has 2 atom stereocenters. The fraction of sp³-hybridized carbons (Fsp3) is 0.333. The number of amides is 1. The number of fused-ring (bicyclic) bond motifs is 1. The molecule has 45 heavy (non-hydrogen) atoms. The number of nitrogens with zero attached hydrogens (tertiary/aromatic N) is 4. The molecular formula is C39H44N4O2. The van der Waals surface area contributed by atoms with E-state index in [-0.39, 0.29) is 24.3 Å². The minimum absolute atomic E-state index is 0.137.